The Kier molecular flexibility index (Phi) is 6.83. The van der Waals surface area contributed by atoms with Gasteiger partial charge in [-0.15, -0.1) is 0 Å². The van der Waals surface area contributed by atoms with Gasteiger partial charge >= 0.3 is 12.0 Å². The van der Waals surface area contributed by atoms with Crippen molar-refractivity contribution in [1.82, 2.24) is 10.2 Å². The lowest BCUT2D eigenvalue weighted by molar-refractivity contribution is -0.137. The first-order valence-corrected chi connectivity index (χ1v) is 6.42. The van der Waals surface area contributed by atoms with Crippen LogP contribution in [0.15, 0.2) is 0 Å². The molecular formula is C13H26N2O4. The van der Waals surface area contributed by atoms with Crippen LogP contribution in [-0.4, -0.2) is 52.9 Å². The summed E-state index contributed by atoms with van der Waals surface area (Å²) >= 11 is 0. The van der Waals surface area contributed by atoms with Crippen LogP contribution >= 0.6 is 0 Å². The second-order valence-corrected chi connectivity index (χ2v) is 6.15. The van der Waals surface area contributed by atoms with E-state index < -0.39 is 12.0 Å². The lowest BCUT2D eigenvalue weighted by atomic mass is 9.87. The van der Waals surface area contributed by atoms with E-state index in [4.69, 9.17) is 10.2 Å². The maximum absolute atomic E-state index is 11.9. The molecule has 112 valence electrons. The third-order valence-electron chi connectivity index (χ3n) is 2.85. The summed E-state index contributed by atoms with van der Waals surface area (Å²) < 4.78 is 0. The first-order chi connectivity index (χ1) is 8.56. The molecule has 0 heterocycles. The monoisotopic (exact) mass is 274 g/mol. The molecule has 0 aliphatic rings. The summed E-state index contributed by atoms with van der Waals surface area (Å²) in [6.45, 7) is 7.57. The van der Waals surface area contributed by atoms with Crippen LogP contribution in [0.2, 0.25) is 0 Å². The number of amides is 2. The second kappa shape index (κ2) is 7.33. The Hall–Kier alpha value is -1.30. The van der Waals surface area contributed by atoms with Crippen LogP contribution in [0.25, 0.3) is 0 Å². The molecule has 0 bridgehead atoms. The van der Waals surface area contributed by atoms with E-state index >= 15 is 0 Å². The van der Waals surface area contributed by atoms with Gasteiger partial charge in [0.2, 0.25) is 0 Å². The van der Waals surface area contributed by atoms with Gasteiger partial charge in [-0.1, -0.05) is 20.8 Å². The van der Waals surface area contributed by atoms with Crippen LogP contribution in [0, 0.1) is 5.41 Å². The second-order valence-electron chi connectivity index (χ2n) is 6.15. The van der Waals surface area contributed by atoms with Gasteiger partial charge in [0.1, 0.15) is 0 Å². The summed E-state index contributed by atoms with van der Waals surface area (Å²) in [6, 6.07) is -1.09. The Balaban J connectivity index is 4.63. The van der Waals surface area contributed by atoms with Crippen molar-refractivity contribution in [2.45, 2.75) is 52.6 Å². The van der Waals surface area contributed by atoms with E-state index in [9.17, 15) is 9.59 Å². The van der Waals surface area contributed by atoms with E-state index in [1.54, 1.807) is 14.0 Å². The minimum absolute atomic E-state index is 0.0748. The molecule has 3 N–H and O–H groups in total. The van der Waals surface area contributed by atoms with Crippen molar-refractivity contribution in [1.29, 1.82) is 0 Å². The number of aliphatic hydroxyl groups excluding tert-OH is 1. The van der Waals surface area contributed by atoms with Crippen molar-refractivity contribution in [3.8, 4) is 0 Å². The van der Waals surface area contributed by atoms with Gasteiger partial charge in [-0.05, 0) is 18.8 Å². The predicted molar refractivity (Wildman–Crippen MR) is 73.0 cm³/mol. The van der Waals surface area contributed by atoms with E-state index in [1.165, 1.54) is 4.90 Å². The lowest BCUT2D eigenvalue weighted by Gasteiger charge is -2.29. The Labute approximate surface area is 114 Å². The Bertz CT molecular complexity index is 312. The molecule has 6 nitrogen and oxygen atoms in total. The molecule has 0 rings (SSSR count). The Morgan fingerprint density at radius 2 is 1.84 bits per heavy atom. The molecule has 0 aromatic rings. The molecule has 0 saturated carbocycles. The summed E-state index contributed by atoms with van der Waals surface area (Å²) in [5, 5.41) is 20.6. The van der Waals surface area contributed by atoms with E-state index in [2.05, 4.69) is 5.32 Å². The largest absolute Gasteiger partial charge is 0.481 e. The van der Waals surface area contributed by atoms with Gasteiger partial charge in [0.25, 0.3) is 0 Å². The molecule has 0 aliphatic heterocycles. The molecule has 0 radical (unpaired) electrons. The molecule has 6 heteroatoms. The van der Waals surface area contributed by atoms with Crippen molar-refractivity contribution in [3.05, 3.63) is 0 Å². The number of carboxylic acids is 1. The maximum Gasteiger partial charge on any atom is 0.317 e. The van der Waals surface area contributed by atoms with Crippen LogP contribution in [0.4, 0.5) is 4.79 Å². The smallest absolute Gasteiger partial charge is 0.317 e. The highest BCUT2D eigenvalue weighted by Gasteiger charge is 2.24. The molecule has 2 atom stereocenters. The highest BCUT2D eigenvalue weighted by molar-refractivity contribution is 5.76. The fraction of sp³-hybridized carbons (Fsp3) is 0.846. The summed E-state index contributed by atoms with van der Waals surface area (Å²) in [5.74, 6) is -0.938. The summed E-state index contributed by atoms with van der Waals surface area (Å²) in [6.07, 6.45) is 0.469. The predicted octanol–water partition coefficient (Wildman–Crippen LogP) is 1.29. The zero-order valence-corrected chi connectivity index (χ0v) is 12.4. The molecule has 0 aromatic heterocycles. The number of rotatable bonds is 6. The first-order valence-electron chi connectivity index (χ1n) is 6.42. The van der Waals surface area contributed by atoms with Gasteiger partial charge in [-0.3, -0.25) is 4.79 Å². The average Bonchev–Trinajstić information content (AvgIpc) is 2.23. The number of aliphatic carboxylic acids is 1. The minimum atomic E-state index is -0.938. The number of hydrogen-bond donors (Lipinski definition) is 3. The number of nitrogens with one attached hydrogen (secondary N) is 1. The van der Waals surface area contributed by atoms with Crippen LogP contribution in [-0.2, 0) is 4.79 Å². The van der Waals surface area contributed by atoms with Crippen molar-refractivity contribution in [3.63, 3.8) is 0 Å². The highest BCUT2D eigenvalue weighted by Crippen LogP contribution is 2.22. The first kappa shape index (κ1) is 17.7. The molecule has 0 aliphatic carbocycles. The van der Waals surface area contributed by atoms with Crippen molar-refractivity contribution < 1.29 is 19.8 Å². The van der Waals surface area contributed by atoms with Gasteiger partial charge in [0, 0.05) is 13.1 Å². The van der Waals surface area contributed by atoms with Gasteiger partial charge in [-0.25, -0.2) is 4.79 Å². The SMILES string of the molecule is CC(CO)N(C)C(=O)NC(CC(=O)O)CC(C)(C)C. The lowest BCUT2D eigenvalue weighted by Crippen LogP contribution is -2.48. The fourth-order valence-electron chi connectivity index (χ4n) is 1.72. The van der Waals surface area contributed by atoms with Gasteiger partial charge in [0.15, 0.2) is 0 Å². The molecular weight excluding hydrogens is 248 g/mol. The Morgan fingerprint density at radius 1 is 1.32 bits per heavy atom. The van der Waals surface area contributed by atoms with Crippen molar-refractivity contribution in [2.75, 3.05) is 13.7 Å². The number of likely N-dealkylation sites (N-methyl/N-ethyl adjacent to an activating group) is 1. The normalized spacial score (nSPS) is 14.6. The number of hydrogen-bond acceptors (Lipinski definition) is 3. The van der Waals surface area contributed by atoms with Gasteiger partial charge < -0.3 is 20.4 Å². The fourth-order valence-corrected chi connectivity index (χ4v) is 1.72. The third-order valence-corrected chi connectivity index (χ3v) is 2.85. The van der Waals surface area contributed by atoms with E-state index in [1.807, 2.05) is 20.8 Å². The number of carboxylic acid groups (broad SMARTS) is 1. The number of aliphatic hydroxyl groups is 1. The minimum Gasteiger partial charge on any atom is -0.481 e. The van der Waals surface area contributed by atoms with Crippen LogP contribution in [0.3, 0.4) is 0 Å². The Morgan fingerprint density at radius 3 is 2.21 bits per heavy atom. The highest BCUT2D eigenvalue weighted by atomic mass is 16.4. The molecule has 0 fully saturated rings. The average molecular weight is 274 g/mol. The standard InChI is InChI=1S/C13H26N2O4/c1-9(8-16)15(5)12(19)14-10(6-11(17)18)7-13(2,3)4/h9-10,16H,6-8H2,1-5H3,(H,14,19)(H,17,18). The van der Waals surface area contributed by atoms with Crippen LogP contribution in [0.1, 0.15) is 40.5 Å². The molecule has 2 unspecified atom stereocenters. The topological polar surface area (TPSA) is 89.9 Å². The maximum atomic E-state index is 11.9. The number of carbonyl (C=O) groups is 2. The summed E-state index contributed by atoms with van der Waals surface area (Å²) in [4.78, 5) is 24.1. The van der Waals surface area contributed by atoms with Crippen molar-refractivity contribution in [2.24, 2.45) is 5.41 Å². The zero-order chi connectivity index (χ0) is 15.2. The van der Waals surface area contributed by atoms with Crippen LogP contribution < -0.4 is 5.32 Å². The molecule has 0 spiro atoms. The van der Waals surface area contributed by atoms with Gasteiger partial charge in [-0.2, -0.15) is 0 Å². The van der Waals surface area contributed by atoms with E-state index in [0.29, 0.717) is 6.42 Å². The number of nitrogens with zero attached hydrogens (tertiary/aromatic N) is 1. The number of carbonyl (C=O) groups excluding carboxylic acids is 1. The van der Waals surface area contributed by atoms with E-state index in [0.717, 1.165) is 0 Å². The third kappa shape index (κ3) is 7.66. The van der Waals surface area contributed by atoms with E-state index in [-0.39, 0.29) is 30.5 Å². The van der Waals surface area contributed by atoms with Gasteiger partial charge in [0.05, 0.1) is 19.1 Å². The molecule has 0 aromatic carbocycles. The summed E-state index contributed by atoms with van der Waals surface area (Å²) in [5.41, 5.74) is -0.0748. The molecule has 19 heavy (non-hydrogen) atoms. The van der Waals surface area contributed by atoms with Crippen LogP contribution in [0.5, 0.6) is 0 Å². The van der Waals surface area contributed by atoms with Crippen molar-refractivity contribution >= 4 is 12.0 Å². The summed E-state index contributed by atoms with van der Waals surface area (Å²) in [7, 11) is 1.57. The zero-order valence-electron chi connectivity index (χ0n) is 12.4. The molecule has 0 saturated heterocycles. The number of urea groups is 1. The molecule has 2 amide bonds. The quantitative estimate of drug-likeness (QED) is 0.680.